The Labute approximate surface area is 115 Å². The molecule has 1 fully saturated rings. The number of aromatic nitrogens is 1. The Morgan fingerprint density at radius 3 is 2.85 bits per heavy atom. The number of benzene rings is 1. The van der Waals surface area contributed by atoms with Crippen LogP contribution in [-0.2, 0) is 4.79 Å². The van der Waals surface area contributed by atoms with Gasteiger partial charge in [0.25, 0.3) is 5.91 Å². The van der Waals surface area contributed by atoms with Crippen molar-refractivity contribution < 1.29 is 14.7 Å². The zero-order valence-electron chi connectivity index (χ0n) is 10.8. The number of rotatable bonds is 2. The Bertz CT molecular complexity index is 678. The van der Waals surface area contributed by atoms with E-state index < -0.39 is 12.0 Å². The van der Waals surface area contributed by atoms with Crippen molar-refractivity contribution in [2.45, 2.75) is 18.9 Å². The summed E-state index contributed by atoms with van der Waals surface area (Å²) in [6.07, 6.45) is 2.87. The summed E-state index contributed by atoms with van der Waals surface area (Å²) in [5.74, 6) is -1.19. The van der Waals surface area contributed by atoms with Gasteiger partial charge in [-0.25, -0.2) is 4.79 Å². The van der Waals surface area contributed by atoms with Crippen molar-refractivity contribution in [3.8, 4) is 0 Å². The maximum absolute atomic E-state index is 12.6. The molecule has 2 heterocycles. The van der Waals surface area contributed by atoms with Crippen LogP contribution in [0, 0.1) is 0 Å². The molecule has 1 saturated heterocycles. The lowest BCUT2D eigenvalue weighted by Crippen LogP contribution is -2.40. The molecule has 0 saturated carbocycles. The fourth-order valence-electron chi connectivity index (χ4n) is 2.70. The van der Waals surface area contributed by atoms with Crippen molar-refractivity contribution in [2.75, 3.05) is 6.54 Å². The molecule has 1 aliphatic rings. The number of carbonyl (C=O) groups is 2. The monoisotopic (exact) mass is 270 g/mol. The number of fused-ring (bicyclic) bond motifs is 1. The Kier molecular flexibility index (Phi) is 3.10. The minimum Gasteiger partial charge on any atom is -0.480 e. The van der Waals surface area contributed by atoms with Crippen molar-refractivity contribution in [1.29, 1.82) is 0 Å². The average molecular weight is 270 g/mol. The number of amides is 1. The summed E-state index contributed by atoms with van der Waals surface area (Å²) in [5.41, 5.74) is 1.09. The summed E-state index contributed by atoms with van der Waals surface area (Å²) in [4.78, 5) is 29.5. The fourth-order valence-corrected chi connectivity index (χ4v) is 2.70. The predicted octanol–water partition coefficient (Wildman–Crippen LogP) is 1.92. The van der Waals surface area contributed by atoms with E-state index in [4.69, 9.17) is 0 Å². The molecule has 0 aliphatic carbocycles. The van der Waals surface area contributed by atoms with E-state index >= 15 is 0 Å². The van der Waals surface area contributed by atoms with Crippen LogP contribution in [0.25, 0.3) is 10.9 Å². The molecule has 1 atom stereocenters. The van der Waals surface area contributed by atoms with Gasteiger partial charge < -0.3 is 10.0 Å². The number of carboxylic acid groups (broad SMARTS) is 1. The summed E-state index contributed by atoms with van der Waals surface area (Å²) < 4.78 is 0. The third kappa shape index (κ3) is 2.01. The lowest BCUT2D eigenvalue weighted by molar-refractivity contribution is -0.141. The van der Waals surface area contributed by atoms with Crippen LogP contribution in [0.5, 0.6) is 0 Å². The first-order valence-corrected chi connectivity index (χ1v) is 6.56. The summed E-state index contributed by atoms with van der Waals surface area (Å²) >= 11 is 0. The molecule has 1 aromatic carbocycles. The minimum absolute atomic E-state index is 0.251. The number of pyridine rings is 1. The van der Waals surface area contributed by atoms with E-state index in [9.17, 15) is 14.7 Å². The number of hydrogen-bond donors (Lipinski definition) is 1. The molecule has 0 radical (unpaired) electrons. The topological polar surface area (TPSA) is 70.5 Å². The third-order valence-electron chi connectivity index (χ3n) is 3.66. The normalized spacial score (nSPS) is 18.4. The standard InChI is InChI=1S/C15H14N2O3/c18-14(17-9-3-7-12(17)15(19)20)11-6-1-4-10-5-2-8-16-13(10)11/h1-2,4-6,8,12H,3,7,9H2,(H,19,20)/t12-/m0/s1. The van der Waals surface area contributed by atoms with E-state index in [-0.39, 0.29) is 5.91 Å². The van der Waals surface area contributed by atoms with Gasteiger partial charge in [-0.05, 0) is 25.0 Å². The van der Waals surface area contributed by atoms with Gasteiger partial charge in [-0.1, -0.05) is 18.2 Å². The summed E-state index contributed by atoms with van der Waals surface area (Å²) in [6.45, 7) is 0.485. The van der Waals surface area contributed by atoms with Crippen molar-refractivity contribution in [1.82, 2.24) is 9.88 Å². The van der Waals surface area contributed by atoms with E-state index in [2.05, 4.69) is 4.98 Å². The highest BCUT2D eigenvalue weighted by Crippen LogP contribution is 2.23. The third-order valence-corrected chi connectivity index (χ3v) is 3.66. The molecule has 1 aliphatic heterocycles. The van der Waals surface area contributed by atoms with Crippen LogP contribution in [0.15, 0.2) is 36.5 Å². The van der Waals surface area contributed by atoms with E-state index in [0.717, 1.165) is 11.8 Å². The minimum atomic E-state index is -0.941. The molecule has 102 valence electrons. The number of hydrogen-bond acceptors (Lipinski definition) is 3. The highest BCUT2D eigenvalue weighted by atomic mass is 16.4. The zero-order valence-corrected chi connectivity index (χ0v) is 10.8. The molecule has 1 amide bonds. The van der Waals surface area contributed by atoms with Crippen LogP contribution < -0.4 is 0 Å². The van der Waals surface area contributed by atoms with Gasteiger partial charge in [-0.2, -0.15) is 0 Å². The molecular formula is C15H14N2O3. The second-order valence-corrected chi connectivity index (χ2v) is 4.88. The van der Waals surface area contributed by atoms with Gasteiger partial charge in [0.15, 0.2) is 0 Å². The largest absolute Gasteiger partial charge is 0.480 e. The first-order chi connectivity index (χ1) is 9.68. The molecular weight excluding hydrogens is 256 g/mol. The average Bonchev–Trinajstić information content (AvgIpc) is 2.95. The summed E-state index contributed by atoms with van der Waals surface area (Å²) in [7, 11) is 0. The van der Waals surface area contributed by atoms with Gasteiger partial charge in [0, 0.05) is 18.1 Å². The van der Waals surface area contributed by atoms with Crippen molar-refractivity contribution in [3.63, 3.8) is 0 Å². The van der Waals surface area contributed by atoms with Gasteiger partial charge in [-0.3, -0.25) is 9.78 Å². The second-order valence-electron chi connectivity index (χ2n) is 4.88. The van der Waals surface area contributed by atoms with E-state index in [1.54, 1.807) is 18.3 Å². The number of para-hydroxylation sites is 1. The Morgan fingerprint density at radius 1 is 1.25 bits per heavy atom. The second kappa shape index (κ2) is 4.92. The molecule has 5 heteroatoms. The van der Waals surface area contributed by atoms with Crippen LogP contribution in [0.4, 0.5) is 0 Å². The molecule has 3 rings (SSSR count). The van der Waals surface area contributed by atoms with Gasteiger partial charge in [0.1, 0.15) is 6.04 Å². The van der Waals surface area contributed by atoms with Crippen LogP contribution in [0.3, 0.4) is 0 Å². The smallest absolute Gasteiger partial charge is 0.326 e. The first-order valence-electron chi connectivity index (χ1n) is 6.56. The van der Waals surface area contributed by atoms with Crippen molar-refractivity contribution in [3.05, 3.63) is 42.1 Å². The molecule has 0 spiro atoms. The maximum Gasteiger partial charge on any atom is 0.326 e. The molecule has 0 unspecified atom stereocenters. The van der Waals surface area contributed by atoms with Crippen molar-refractivity contribution in [2.24, 2.45) is 0 Å². The summed E-state index contributed by atoms with van der Waals surface area (Å²) in [5, 5.41) is 10.1. The molecule has 1 aromatic heterocycles. The maximum atomic E-state index is 12.6. The van der Waals surface area contributed by atoms with E-state index in [1.807, 2.05) is 18.2 Å². The fraction of sp³-hybridized carbons (Fsp3) is 0.267. The van der Waals surface area contributed by atoms with Crippen LogP contribution in [0.2, 0.25) is 0 Å². The van der Waals surface area contributed by atoms with E-state index in [0.29, 0.717) is 24.0 Å². The Hall–Kier alpha value is -2.43. The number of carbonyl (C=O) groups excluding carboxylic acids is 1. The highest BCUT2D eigenvalue weighted by Gasteiger charge is 2.34. The Balaban J connectivity index is 2.03. The molecule has 0 bridgehead atoms. The molecule has 1 N–H and O–H groups in total. The van der Waals surface area contributed by atoms with E-state index in [1.165, 1.54) is 4.90 Å². The highest BCUT2D eigenvalue weighted by molar-refractivity contribution is 6.06. The summed E-state index contributed by atoms with van der Waals surface area (Å²) in [6, 6.07) is 8.36. The Morgan fingerprint density at radius 2 is 2.05 bits per heavy atom. The number of likely N-dealkylation sites (tertiary alicyclic amines) is 1. The molecule has 5 nitrogen and oxygen atoms in total. The number of carboxylic acids is 1. The van der Waals surface area contributed by atoms with Gasteiger partial charge >= 0.3 is 5.97 Å². The number of nitrogens with zero attached hydrogens (tertiary/aromatic N) is 2. The first kappa shape index (κ1) is 12.6. The predicted molar refractivity (Wildman–Crippen MR) is 73.4 cm³/mol. The van der Waals surface area contributed by atoms with Gasteiger partial charge in [-0.15, -0.1) is 0 Å². The van der Waals surface area contributed by atoms with Crippen LogP contribution in [-0.4, -0.2) is 39.5 Å². The lowest BCUT2D eigenvalue weighted by Gasteiger charge is -2.21. The lowest BCUT2D eigenvalue weighted by atomic mass is 10.1. The zero-order chi connectivity index (χ0) is 14.1. The van der Waals surface area contributed by atoms with Crippen molar-refractivity contribution >= 4 is 22.8 Å². The van der Waals surface area contributed by atoms with Crippen LogP contribution in [0.1, 0.15) is 23.2 Å². The number of aliphatic carboxylic acids is 1. The van der Waals surface area contributed by atoms with Gasteiger partial charge in [0.2, 0.25) is 0 Å². The van der Waals surface area contributed by atoms with Crippen LogP contribution >= 0.6 is 0 Å². The quantitative estimate of drug-likeness (QED) is 0.905. The molecule has 2 aromatic rings. The van der Waals surface area contributed by atoms with Gasteiger partial charge in [0.05, 0.1) is 11.1 Å². The SMILES string of the molecule is O=C(O)[C@@H]1CCCN1C(=O)c1cccc2cccnc12. The molecule has 20 heavy (non-hydrogen) atoms.